The van der Waals surface area contributed by atoms with Crippen LogP contribution in [-0.4, -0.2) is 24.3 Å². The van der Waals surface area contributed by atoms with Gasteiger partial charge in [-0.3, -0.25) is 4.79 Å². The van der Waals surface area contributed by atoms with Gasteiger partial charge in [0, 0.05) is 6.92 Å². The first-order chi connectivity index (χ1) is 6.58. The highest BCUT2D eigenvalue weighted by Crippen LogP contribution is 2.23. The van der Waals surface area contributed by atoms with Gasteiger partial charge in [-0.25, -0.2) is 4.79 Å². The van der Waals surface area contributed by atoms with Crippen LogP contribution in [0.25, 0.3) is 0 Å². The first kappa shape index (κ1) is 10.8. The molecule has 1 fully saturated rings. The van der Waals surface area contributed by atoms with E-state index < -0.39 is 6.09 Å². The Morgan fingerprint density at radius 3 is 1.86 bits per heavy atom. The van der Waals surface area contributed by atoms with Crippen molar-refractivity contribution in [3.8, 4) is 0 Å². The SMILES string of the molecule is CC(=O)OC1CCC(OC(N)=O)CC1. The summed E-state index contributed by atoms with van der Waals surface area (Å²) in [6, 6.07) is 0. The van der Waals surface area contributed by atoms with Gasteiger partial charge in [0.15, 0.2) is 0 Å². The van der Waals surface area contributed by atoms with Gasteiger partial charge >= 0.3 is 12.1 Å². The maximum Gasteiger partial charge on any atom is 0.404 e. The minimum absolute atomic E-state index is 0.0276. The normalized spacial score (nSPS) is 26.6. The summed E-state index contributed by atoms with van der Waals surface area (Å²) in [4.78, 5) is 21.1. The zero-order chi connectivity index (χ0) is 10.6. The molecule has 2 N–H and O–H groups in total. The van der Waals surface area contributed by atoms with Gasteiger partial charge in [-0.2, -0.15) is 0 Å². The predicted octanol–water partition coefficient (Wildman–Crippen LogP) is 0.956. The maximum atomic E-state index is 10.6. The molecule has 1 aliphatic rings. The average molecular weight is 201 g/mol. The number of rotatable bonds is 2. The number of carbonyl (C=O) groups excluding carboxylic acids is 2. The first-order valence-corrected chi connectivity index (χ1v) is 4.71. The number of carbonyl (C=O) groups is 2. The van der Waals surface area contributed by atoms with E-state index >= 15 is 0 Å². The molecule has 5 nitrogen and oxygen atoms in total. The summed E-state index contributed by atoms with van der Waals surface area (Å²) in [5.74, 6) is -0.260. The Hall–Kier alpha value is -1.26. The Labute approximate surface area is 82.5 Å². The zero-order valence-corrected chi connectivity index (χ0v) is 8.19. The fourth-order valence-corrected chi connectivity index (χ4v) is 1.67. The Morgan fingerprint density at radius 1 is 1.07 bits per heavy atom. The zero-order valence-electron chi connectivity index (χ0n) is 8.19. The molecule has 1 amide bonds. The van der Waals surface area contributed by atoms with Crippen LogP contribution in [0.1, 0.15) is 32.6 Å². The molecule has 1 rings (SSSR count). The summed E-state index contributed by atoms with van der Waals surface area (Å²) >= 11 is 0. The van der Waals surface area contributed by atoms with E-state index in [1.807, 2.05) is 0 Å². The van der Waals surface area contributed by atoms with E-state index in [1.54, 1.807) is 0 Å². The smallest absolute Gasteiger partial charge is 0.404 e. The number of hydrogen-bond donors (Lipinski definition) is 1. The lowest BCUT2D eigenvalue weighted by Crippen LogP contribution is -2.30. The van der Waals surface area contributed by atoms with Crippen molar-refractivity contribution < 1.29 is 19.1 Å². The molecule has 0 aromatic carbocycles. The van der Waals surface area contributed by atoms with Crippen molar-refractivity contribution in [3.63, 3.8) is 0 Å². The van der Waals surface area contributed by atoms with Gasteiger partial charge < -0.3 is 15.2 Å². The summed E-state index contributed by atoms with van der Waals surface area (Å²) in [5.41, 5.74) is 4.89. The second-order valence-electron chi connectivity index (χ2n) is 3.45. The Kier molecular flexibility index (Phi) is 3.73. The van der Waals surface area contributed by atoms with E-state index in [-0.39, 0.29) is 18.2 Å². The van der Waals surface area contributed by atoms with Gasteiger partial charge in [-0.15, -0.1) is 0 Å². The van der Waals surface area contributed by atoms with Crippen molar-refractivity contribution in [1.82, 2.24) is 0 Å². The standard InChI is InChI=1S/C9H15NO4/c1-6(11)13-7-2-4-8(5-3-7)14-9(10)12/h7-8H,2-5H2,1H3,(H2,10,12). The average Bonchev–Trinajstić information content (AvgIpc) is 2.06. The van der Waals surface area contributed by atoms with Gasteiger partial charge in [0.1, 0.15) is 12.2 Å². The second-order valence-corrected chi connectivity index (χ2v) is 3.45. The molecule has 0 atom stereocenters. The molecule has 0 aliphatic heterocycles. The van der Waals surface area contributed by atoms with Gasteiger partial charge in [0.05, 0.1) is 0 Å². The molecule has 0 aromatic rings. The number of nitrogens with two attached hydrogens (primary N) is 1. The van der Waals surface area contributed by atoms with E-state index in [0.29, 0.717) is 12.8 Å². The maximum absolute atomic E-state index is 10.6. The third-order valence-corrected chi connectivity index (χ3v) is 2.24. The molecule has 0 heterocycles. The van der Waals surface area contributed by atoms with Gasteiger partial charge in [-0.1, -0.05) is 0 Å². The largest absolute Gasteiger partial charge is 0.463 e. The summed E-state index contributed by atoms with van der Waals surface area (Å²) in [6.45, 7) is 1.39. The molecule has 80 valence electrons. The summed E-state index contributed by atoms with van der Waals surface area (Å²) in [5, 5.41) is 0. The van der Waals surface area contributed by atoms with Crippen LogP contribution in [0.3, 0.4) is 0 Å². The third kappa shape index (κ3) is 3.64. The highest BCUT2D eigenvalue weighted by molar-refractivity contribution is 5.66. The number of ether oxygens (including phenoxy) is 2. The van der Waals surface area contributed by atoms with E-state index in [4.69, 9.17) is 15.2 Å². The minimum atomic E-state index is -0.735. The molecule has 0 spiro atoms. The molecule has 14 heavy (non-hydrogen) atoms. The molecular weight excluding hydrogens is 186 g/mol. The van der Waals surface area contributed by atoms with Crippen LogP contribution in [0.2, 0.25) is 0 Å². The fourth-order valence-electron chi connectivity index (χ4n) is 1.67. The highest BCUT2D eigenvalue weighted by atomic mass is 16.6. The Bertz CT molecular complexity index is 197. The summed E-state index contributed by atoms with van der Waals surface area (Å²) in [6.07, 6.45) is 2.01. The van der Waals surface area contributed by atoms with Crippen LogP contribution in [0.15, 0.2) is 0 Å². The van der Waals surface area contributed by atoms with Crippen molar-refractivity contribution in [1.29, 1.82) is 0 Å². The van der Waals surface area contributed by atoms with Crippen LogP contribution >= 0.6 is 0 Å². The van der Waals surface area contributed by atoms with Crippen LogP contribution in [0.4, 0.5) is 4.79 Å². The first-order valence-electron chi connectivity index (χ1n) is 4.71. The van der Waals surface area contributed by atoms with E-state index in [1.165, 1.54) is 6.92 Å². The molecule has 0 saturated heterocycles. The molecule has 0 unspecified atom stereocenters. The molecular formula is C9H15NO4. The van der Waals surface area contributed by atoms with Crippen LogP contribution < -0.4 is 5.73 Å². The second kappa shape index (κ2) is 4.83. The number of esters is 1. The van der Waals surface area contributed by atoms with Gasteiger partial charge in [0.2, 0.25) is 0 Å². The molecule has 0 bridgehead atoms. The van der Waals surface area contributed by atoms with Crippen molar-refractivity contribution in [3.05, 3.63) is 0 Å². The summed E-state index contributed by atoms with van der Waals surface area (Å²) < 4.78 is 9.88. The molecule has 5 heteroatoms. The lowest BCUT2D eigenvalue weighted by Gasteiger charge is -2.27. The fraction of sp³-hybridized carbons (Fsp3) is 0.778. The number of primary amides is 1. The van der Waals surface area contributed by atoms with Crippen molar-refractivity contribution in [2.75, 3.05) is 0 Å². The van der Waals surface area contributed by atoms with E-state index in [9.17, 15) is 9.59 Å². The van der Waals surface area contributed by atoms with E-state index in [0.717, 1.165) is 12.8 Å². The lowest BCUT2D eigenvalue weighted by atomic mass is 9.95. The van der Waals surface area contributed by atoms with Crippen LogP contribution in [0.5, 0.6) is 0 Å². The number of amides is 1. The minimum Gasteiger partial charge on any atom is -0.463 e. The molecule has 1 saturated carbocycles. The Morgan fingerprint density at radius 2 is 1.50 bits per heavy atom. The Balaban J connectivity index is 2.24. The molecule has 1 aliphatic carbocycles. The lowest BCUT2D eigenvalue weighted by molar-refractivity contribution is -0.148. The molecule has 0 aromatic heterocycles. The number of hydrogen-bond acceptors (Lipinski definition) is 4. The van der Waals surface area contributed by atoms with Crippen LogP contribution in [-0.2, 0) is 14.3 Å². The van der Waals surface area contributed by atoms with Gasteiger partial charge in [0.25, 0.3) is 0 Å². The highest BCUT2D eigenvalue weighted by Gasteiger charge is 2.24. The van der Waals surface area contributed by atoms with E-state index in [2.05, 4.69) is 0 Å². The topological polar surface area (TPSA) is 78.6 Å². The quantitative estimate of drug-likeness (QED) is 0.675. The predicted molar refractivity (Wildman–Crippen MR) is 48.5 cm³/mol. The van der Waals surface area contributed by atoms with Crippen molar-refractivity contribution in [2.45, 2.75) is 44.8 Å². The van der Waals surface area contributed by atoms with Crippen LogP contribution in [0, 0.1) is 0 Å². The molecule has 0 radical (unpaired) electrons. The van der Waals surface area contributed by atoms with Crippen molar-refractivity contribution >= 4 is 12.1 Å². The third-order valence-electron chi connectivity index (χ3n) is 2.24. The monoisotopic (exact) mass is 201 g/mol. The van der Waals surface area contributed by atoms with Crippen molar-refractivity contribution in [2.24, 2.45) is 5.73 Å². The van der Waals surface area contributed by atoms with Gasteiger partial charge in [-0.05, 0) is 25.7 Å². The summed E-state index contributed by atoms with van der Waals surface area (Å²) in [7, 11) is 0.